The summed E-state index contributed by atoms with van der Waals surface area (Å²) in [6.45, 7) is 1.94. The molecular weight excluding hydrogens is 243 g/mol. The van der Waals surface area contributed by atoms with Crippen molar-refractivity contribution < 1.29 is 4.39 Å². The van der Waals surface area contributed by atoms with Crippen molar-refractivity contribution in [2.75, 3.05) is 31.2 Å². The molecule has 0 spiro atoms. The number of anilines is 2. The highest BCUT2D eigenvalue weighted by atomic mass is 19.1. The zero-order valence-electron chi connectivity index (χ0n) is 10.9. The van der Waals surface area contributed by atoms with Crippen LogP contribution in [-0.2, 0) is 0 Å². The first-order valence-corrected chi connectivity index (χ1v) is 6.43. The second-order valence-corrected chi connectivity index (χ2v) is 5.11. The van der Waals surface area contributed by atoms with Crippen molar-refractivity contribution in [3.05, 3.63) is 30.2 Å². The minimum absolute atomic E-state index is 0.258. The summed E-state index contributed by atoms with van der Waals surface area (Å²) < 4.78 is 14.1. The number of benzene rings is 1. The van der Waals surface area contributed by atoms with E-state index >= 15 is 0 Å². The van der Waals surface area contributed by atoms with Crippen LogP contribution in [0.3, 0.4) is 0 Å². The van der Waals surface area contributed by atoms with Gasteiger partial charge in [0.15, 0.2) is 5.82 Å². The predicted molar refractivity (Wildman–Crippen MR) is 75.6 cm³/mol. The van der Waals surface area contributed by atoms with Crippen molar-refractivity contribution in [2.24, 2.45) is 0 Å². The van der Waals surface area contributed by atoms with Crippen LogP contribution in [0.2, 0.25) is 0 Å². The minimum atomic E-state index is -0.335. The van der Waals surface area contributed by atoms with Crippen LogP contribution in [0.25, 0.3) is 10.9 Å². The second-order valence-electron chi connectivity index (χ2n) is 5.11. The summed E-state index contributed by atoms with van der Waals surface area (Å²) in [6, 6.07) is 5.30. The van der Waals surface area contributed by atoms with E-state index in [2.05, 4.69) is 22.2 Å². The molecule has 0 radical (unpaired) electrons. The van der Waals surface area contributed by atoms with Crippen LogP contribution in [0.1, 0.15) is 6.42 Å². The average Bonchev–Trinajstić information content (AvgIpc) is 2.80. The molecule has 3 N–H and O–H groups in total. The standard InChI is InChI=1S/C14H17FN4/c1-19-6-4-9(8-19)18-14-11(15)7-12(16)10-3-2-5-17-13(10)14/h2-3,5,7,9,18H,4,6,8,16H2,1H3. The van der Waals surface area contributed by atoms with E-state index in [1.54, 1.807) is 6.20 Å². The van der Waals surface area contributed by atoms with Crippen molar-refractivity contribution in [3.8, 4) is 0 Å². The molecule has 1 unspecified atom stereocenters. The number of rotatable bonds is 2. The predicted octanol–water partition coefficient (Wildman–Crippen LogP) is 2.07. The number of nitrogen functional groups attached to an aromatic ring is 1. The minimum Gasteiger partial charge on any atom is -0.398 e. The van der Waals surface area contributed by atoms with Crippen LogP contribution in [0.15, 0.2) is 24.4 Å². The van der Waals surface area contributed by atoms with Gasteiger partial charge >= 0.3 is 0 Å². The average molecular weight is 260 g/mol. The highest BCUT2D eigenvalue weighted by Crippen LogP contribution is 2.30. The Bertz CT molecular complexity index is 614. The molecule has 0 amide bonds. The molecule has 1 aromatic heterocycles. The first kappa shape index (κ1) is 12.2. The number of nitrogens with two attached hydrogens (primary N) is 1. The fraction of sp³-hybridized carbons (Fsp3) is 0.357. The first-order valence-electron chi connectivity index (χ1n) is 6.43. The van der Waals surface area contributed by atoms with Crippen LogP contribution in [0.4, 0.5) is 15.8 Å². The maximum atomic E-state index is 14.1. The summed E-state index contributed by atoms with van der Waals surface area (Å²) in [7, 11) is 2.07. The van der Waals surface area contributed by atoms with Gasteiger partial charge in [-0.05, 0) is 38.2 Å². The van der Waals surface area contributed by atoms with Gasteiger partial charge in [0, 0.05) is 29.9 Å². The normalized spacial score (nSPS) is 20.0. The zero-order chi connectivity index (χ0) is 13.4. The third-order valence-corrected chi connectivity index (χ3v) is 3.62. The van der Waals surface area contributed by atoms with Gasteiger partial charge in [0.2, 0.25) is 0 Å². The Kier molecular flexibility index (Phi) is 2.98. The Labute approximate surface area is 111 Å². The number of hydrogen-bond donors (Lipinski definition) is 2. The van der Waals surface area contributed by atoms with E-state index in [9.17, 15) is 4.39 Å². The summed E-state index contributed by atoms with van der Waals surface area (Å²) in [4.78, 5) is 6.49. The molecule has 2 heterocycles. The van der Waals surface area contributed by atoms with E-state index in [-0.39, 0.29) is 11.9 Å². The molecule has 1 atom stereocenters. The van der Waals surface area contributed by atoms with E-state index in [0.29, 0.717) is 16.9 Å². The van der Waals surface area contributed by atoms with Crippen LogP contribution in [0, 0.1) is 5.82 Å². The van der Waals surface area contributed by atoms with Crippen LogP contribution in [0.5, 0.6) is 0 Å². The van der Waals surface area contributed by atoms with E-state index in [1.807, 2.05) is 12.1 Å². The van der Waals surface area contributed by atoms with Crippen molar-refractivity contribution in [1.82, 2.24) is 9.88 Å². The molecule has 0 aliphatic carbocycles. The Morgan fingerprint density at radius 3 is 3.11 bits per heavy atom. The lowest BCUT2D eigenvalue weighted by molar-refractivity contribution is 0.414. The molecule has 1 fully saturated rings. The fourth-order valence-electron chi connectivity index (χ4n) is 2.63. The topological polar surface area (TPSA) is 54.2 Å². The van der Waals surface area contributed by atoms with E-state index < -0.39 is 0 Å². The van der Waals surface area contributed by atoms with Gasteiger partial charge < -0.3 is 16.0 Å². The molecule has 4 nitrogen and oxygen atoms in total. The molecule has 1 aliphatic heterocycles. The smallest absolute Gasteiger partial charge is 0.150 e. The van der Waals surface area contributed by atoms with Gasteiger partial charge in [-0.3, -0.25) is 4.98 Å². The monoisotopic (exact) mass is 260 g/mol. The number of pyridine rings is 1. The molecule has 0 saturated carbocycles. The van der Waals surface area contributed by atoms with Crippen LogP contribution >= 0.6 is 0 Å². The zero-order valence-corrected chi connectivity index (χ0v) is 10.9. The molecule has 1 aromatic carbocycles. The third-order valence-electron chi connectivity index (χ3n) is 3.62. The molecule has 1 saturated heterocycles. The van der Waals surface area contributed by atoms with Crippen LogP contribution in [-0.4, -0.2) is 36.1 Å². The molecular formula is C14H17FN4. The summed E-state index contributed by atoms with van der Waals surface area (Å²) in [5, 5.41) is 4.06. The lowest BCUT2D eigenvalue weighted by Crippen LogP contribution is -2.24. The van der Waals surface area contributed by atoms with E-state index in [0.717, 1.165) is 24.9 Å². The summed E-state index contributed by atoms with van der Waals surface area (Å²) >= 11 is 0. The first-order chi connectivity index (χ1) is 9.15. The number of aromatic nitrogens is 1. The van der Waals surface area contributed by atoms with Gasteiger partial charge in [-0.15, -0.1) is 0 Å². The highest BCUT2D eigenvalue weighted by Gasteiger charge is 2.22. The van der Waals surface area contributed by atoms with E-state index in [1.165, 1.54) is 6.07 Å². The number of nitrogens with one attached hydrogen (secondary N) is 1. The van der Waals surface area contributed by atoms with Crippen molar-refractivity contribution in [1.29, 1.82) is 0 Å². The largest absolute Gasteiger partial charge is 0.398 e. The SMILES string of the molecule is CN1CCC(Nc2c(F)cc(N)c3cccnc23)C1. The lowest BCUT2D eigenvalue weighted by Gasteiger charge is -2.17. The number of likely N-dealkylation sites (tertiary alicyclic amines) is 1. The van der Waals surface area contributed by atoms with Crippen LogP contribution < -0.4 is 11.1 Å². The highest BCUT2D eigenvalue weighted by molar-refractivity contribution is 5.98. The summed E-state index contributed by atoms with van der Waals surface area (Å²) in [5.74, 6) is -0.335. The Morgan fingerprint density at radius 2 is 2.37 bits per heavy atom. The third kappa shape index (κ3) is 2.21. The van der Waals surface area contributed by atoms with Gasteiger partial charge in [0.25, 0.3) is 0 Å². The van der Waals surface area contributed by atoms with E-state index in [4.69, 9.17) is 5.73 Å². The van der Waals surface area contributed by atoms with Gasteiger partial charge in [-0.1, -0.05) is 0 Å². The lowest BCUT2D eigenvalue weighted by atomic mass is 10.1. The van der Waals surface area contributed by atoms with Gasteiger partial charge in [0.1, 0.15) is 0 Å². The fourth-order valence-corrected chi connectivity index (χ4v) is 2.63. The van der Waals surface area contributed by atoms with Crippen molar-refractivity contribution >= 4 is 22.3 Å². The van der Waals surface area contributed by atoms with Gasteiger partial charge in [-0.2, -0.15) is 0 Å². The molecule has 100 valence electrons. The molecule has 1 aliphatic rings. The Morgan fingerprint density at radius 1 is 1.53 bits per heavy atom. The molecule has 19 heavy (non-hydrogen) atoms. The maximum absolute atomic E-state index is 14.1. The number of likely N-dealkylation sites (N-methyl/N-ethyl adjacent to an activating group) is 1. The molecule has 2 aromatic rings. The van der Waals surface area contributed by atoms with Crippen molar-refractivity contribution in [2.45, 2.75) is 12.5 Å². The van der Waals surface area contributed by atoms with Gasteiger partial charge in [0.05, 0.1) is 11.2 Å². The van der Waals surface area contributed by atoms with Crippen molar-refractivity contribution in [3.63, 3.8) is 0 Å². The number of fused-ring (bicyclic) bond motifs is 1. The number of halogens is 1. The Hall–Kier alpha value is -1.88. The summed E-state index contributed by atoms with van der Waals surface area (Å²) in [6.07, 6.45) is 2.67. The second kappa shape index (κ2) is 4.66. The molecule has 0 bridgehead atoms. The summed E-state index contributed by atoms with van der Waals surface area (Å²) in [5.41, 5.74) is 7.33. The Balaban J connectivity index is 2.02. The molecule has 5 heteroatoms. The quantitative estimate of drug-likeness (QED) is 0.812. The number of hydrogen-bond acceptors (Lipinski definition) is 4. The number of nitrogens with zero attached hydrogens (tertiary/aromatic N) is 2. The van der Waals surface area contributed by atoms with Gasteiger partial charge in [-0.25, -0.2) is 4.39 Å². The maximum Gasteiger partial charge on any atom is 0.150 e. The molecule has 3 rings (SSSR count).